The second-order valence-corrected chi connectivity index (χ2v) is 3.96. The Labute approximate surface area is 115 Å². The lowest BCUT2D eigenvalue weighted by molar-refractivity contribution is -0.124. The number of pyridine rings is 2. The van der Waals surface area contributed by atoms with E-state index in [0.717, 1.165) is 5.56 Å². The summed E-state index contributed by atoms with van der Waals surface area (Å²) in [4.78, 5) is 30.8. The smallest absolute Gasteiger partial charge is 0.340 e. The molecule has 0 aliphatic heterocycles. The first-order valence-corrected chi connectivity index (χ1v) is 5.98. The van der Waals surface area contributed by atoms with Gasteiger partial charge >= 0.3 is 5.97 Å². The van der Waals surface area contributed by atoms with Gasteiger partial charge in [-0.1, -0.05) is 6.07 Å². The minimum Gasteiger partial charge on any atom is -0.452 e. The van der Waals surface area contributed by atoms with Gasteiger partial charge in [0.05, 0.1) is 5.56 Å². The molecule has 2 rings (SSSR count). The molecule has 0 aliphatic carbocycles. The van der Waals surface area contributed by atoms with Crippen molar-refractivity contribution in [3.8, 4) is 0 Å². The number of ether oxygens (including phenoxy) is 1. The van der Waals surface area contributed by atoms with Gasteiger partial charge in [-0.3, -0.25) is 14.8 Å². The zero-order valence-corrected chi connectivity index (χ0v) is 10.7. The minimum absolute atomic E-state index is 0.313. The lowest BCUT2D eigenvalue weighted by Crippen LogP contribution is -2.28. The summed E-state index contributed by atoms with van der Waals surface area (Å²) in [6, 6.07) is 6.82. The minimum atomic E-state index is -0.574. The summed E-state index contributed by atoms with van der Waals surface area (Å²) in [6.45, 7) is 0.0190. The molecule has 1 amide bonds. The molecule has 0 saturated heterocycles. The number of nitrogens with one attached hydrogen (secondary N) is 1. The molecular formula is C14H13N3O3. The van der Waals surface area contributed by atoms with Crippen molar-refractivity contribution in [1.82, 2.24) is 15.3 Å². The normalized spacial score (nSPS) is 9.80. The van der Waals surface area contributed by atoms with Crippen molar-refractivity contribution in [2.75, 3.05) is 6.61 Å². The first kappa shape index (κ1) is 13.7. The predicted octanol–water partition coefficient (Wildman–Crippen LogP) is 0.950. The number of esters is 1. The molecule has 0 aromatic carbocycles. The second-order valence-electron chi connectivity index (χ2n) is 3.96. The van der Waals surface area contributed by atoms with Gasteiger partial charge in [-0.2, -0.15) is 0 Å². The van der Waals surface area contributed by atoms with E-state index in [1.54, 1.807) is 36.8 Å². The van der Waals surface area contributed by atoms with Crippen LogP contribution in [0.4, 0.5) is 0 Å². The first-order chi connectivity index (χ1) is 9.75. The third-order valence-electron chi connectivity index (χ3n) is 2.44. The van der Waals surface area contributed by atoms with E-state index in [1.807, 2.05) is 6.07 Å². The summed E-state index contributed by atoms with van der Waals surface area (Å²) in [7, 11) is 0. The number of rotatable bonds is 5. The molecule has 102 valence electrons. The quantitative estimate of drug-likeness (QED) is 0.819. The molecule has 0 unspecified atom stereocenters. The fourth-order valence-corrected chi connectivity index (χ4v) is 1.45. The van der Waals surface area contributed by atoms with Gasteiger partial charge in [0.15, 0.2) is 6.61 Å². The monoisotopic (exact) mass is 271 g/mol. The second kappa shape index (κ2) is 6.98. The van der Waals surface area contributed by atoms with E-state index in [9.17, 15) is 9.59 Å². The summed E-state index contributed by atoms with van der Waals surface area (Å²) in [5, 5.41) is 2.63. The Bertz CT molecular complexity index is 573. The highest BCUT2D eigenvalue weighted by Gasteiger charge is 2.09. The van der Waals surface area contributed by atoms with Gasteiger partial charge in [-0.15, -0.1) is 0 Å². The SMILES string of the molecule is O=C(COC(=O)c1cccnc1)NCc1cccnc1. The van der Waals surface area contributed by atoms with Crippen LogP contribution in [0.15, 0.2) is 49.1 Å². The average Bonchev–Trinajstić information content (AvgIpc) is 2.52. The topological polar surface area (TPSA) is 81.2 Å². The lowest BCUT2D eigenvalue weighted by atomic mass is 10.3. The number of nitrogens with zero attached hydrogens (tertiary/aromatic N) is 2. The molecule has 0 saturated carbocycles. The number of hydrogen-bond donors (Lipinski definition) is 1. The van der Waals surface area contributed by atoms with Crippen LogP contribution in [0, 0.1) is 0 Å². The Morgan fingerprint density at radius 2 is 1.85 bits per heavy atom. The van der Waals surface area contributed by atoms with Gasteiger partial charge in [-0.25, -0.2) is 4.79 Å². The summed E-state index contributed by atoms with van der Waals surface area (Å²) in [6.07, 6.45) is 6.25. The largest absolute Gasteiger partial charge is 0.452 e. The van der Waals surface area contributed by atoms with Crippen molar-refractivity contribution in [3.05, 3.63) is 60.2 Å². The van der Waals surface area contributed by atoms with Crippen molar-refractivity contribution in [2.45, 2.75) is 6.54 Å². The first-order valence-electron chi connectivity index (χ1n) is 5.98. The molecule has 0 fully saturated rings. The Kier molecular flexibility index (Phi) is 4.77. The van der Waals surface area contributed by atoms with E-state index in [2.05, 4.69) is 15.3 Å². The molecule has 0 bridgehead atoms. The lowest BCUT2D eigenvalue weighted by Gasteiger charge is -2.06. The molecule has 2 aromatic heterocycles. The molecule has 20 heavy (non-hydrogen) atoms. The van der Waals surface area contributed by atoms with Crippen LogP contribution in [0.5, 0.6) is 0 Å². The van der Waals surface area contributed by atoms with Gasteiger partial charge in [0.1, 0.15) is 0 Å². The van der Waals surface area contributed by atoms with Crippen LogP contribution in [0.2, 0.25) is 0 Å². The van der Waals surface area contributed by atoms with Gasteiger partial charge < -0.3 is 10.1 Å². The number of amides is 1. The number of hydrogen-bond acceptors (Lipinski definition) is 5. The highest BCUT2D eigenvalue weighted by molar-refractivity contribution is 5.90. The molecule has 0 radical (unpaired) electrons. The van der Waals surface area contributed by atoms with Crippen LogP contribution in [0.25, 0.3) is 0 Å². The molecule has 0 atom stereocenters. The maximum absolute atomic E-state index is 11.6. The van der Waals surface area contributed by atoms with Gasteiger partial charge in [0.25, 0.3) is 5.91 Å². The molecule has 1 N–H and O–H groups in total. The Morgan fingerprint density at radius 1 is 1.10 bits per heavy atom. The van der Waals surface area contributed by atoms with E-state index in [4.69, 9.17) is 4.74 Å². The fraction of sp³-hybridized carbons (Fsp3) is 0.143. The van der Waals surface area contributed by atoms with E-state index >= 15 is 0 Å². The highest BCUT2D eigenvalue weighted by atomic mass is 16.5. The molecule has 0 aliphatic rings. The van der Waals surface area contributed by atoms with Crippen LogP contribution in [0.1, 0.15) is 15.9 Å². The standard InChI is InChI=1S/C14H13N3O3/c18-13(17-8-11-3-1-5-15-7-11)10-20-14(19)12-4-2-6-16-9-12/h1-7,9H,8,10H2,(H,17,18). The van der Waals surface area contributed by atoms with Gasteiger partial charge in [-0.05, 0) is 23.8 Å². The molecular weight excluding hydrogens is 258 g/mol. The maximum atomic E-state index is 11.6. The van der Waals surface area contributed by atoms with Crippen LogP contribution in [-0.4, -0.2) is 28.5 Å². The van der Waals surface area contributed by atoms with Crippen LogP contribution < -0.4 is 5.32 Å². The fourth-order valence-electron chi connectivity index (χ4n) is 1.45. The summed E-state index contributed by atoms with van der Waals surface area (Å²) >= 11 is 0. The van der Waals surface area contributed by atoms with Crippen LogP contribution >= 0.6 is 0 Å². The zero-order valence-electron chi connectivity index (χ0n) is 10.7. The predicted molar refractivity (Wildman–Crippen MR) is 70.6 cm³/mol. The van der Waals surface area contributed by atoms with Crippen molar-refractivity contribution in [2.24, 2.45) is 0 Å². The summed E-state index contributed by atoms with van der Waals surface area (Å²) in [5.74, 6) is -0.944. The third-order valence-corrected chi connectivity index (χ3v) is 2.44. The molecule has 2 heterocycles. The summed E-state index contributed by atoms with van der Waals surface area (Å²) in [5.41, 5.74) is 1.19. The zero-order chi connectivity index (χ0) is 14.2. The van der Waals surface area contributed by atoms with Crippen LogP contribution in [0.3, 0.4) is 0 Å². The Hall–Kier alpha value is -2.76. The van der Waals surface area contributed by atoms with Crippen molar-refractivity contribution in [1.29, 1.82) is 0 Å². The molecule has 2 aromatic rings. The van der Waals surface area contributed by atoms with Crippen molar-refractivity contribution in [3.63, 3.8) is 0 Å². The van der Waals surface area contributed by atoms with Crippen molar-refractivity contribution >= 4 is 11.9 Å². The average molecular weight is 271 g/mol. The van der Waals surface area contributed by atoms with E-state index in [0.29, 0.717) is 12.1 Å². The van der Waals surface area contributed by atoms with Gasteiger partial charge in [0, 0.05) is 31.3 Å². The maximum Gasteiger partial charge on any atom is 0.340 e. The van der Waals surface area contributed by atoms with Crippen LogP contribution in [-0.2, 0) is 16.1 Å². The number of carbonyl (C=O) groups excluding carboxylic acids is 2. The number of carbonyl (C=O) groups is 2. The molecule has 6 nitrogen and oxygen atoms in total. The van der Waals surface area contributed by atoms with E-state index in [-0.39, 0.29) is 12.5 Å². The highest BCUT2D eigenvalue weighted by Crippen LogP contribution is 1.99. The van der Waals surface area contributed by atoms with Gasteiger partial charge in [0.2, 0.25) is 0 Å². The van der Waals surface area contributed by atoms with E-state index in [1.165, 1.54) is 6.20 Å². The number of aromatic nitrogens is 2. The summed E-state index contributed by atoms with van der Waals surface area (Å²) < 4.78 is 4.87. The van der Waals surface area contributed by atoms with E-state index < -0.39 is 5.97 Å². The Morgan fingerprint density at radius 3 is 2.50 bits per heavy atom. The third kappa shape index (κ3) is 4.16. The molecule has 6 heteroatoms. The van der Waals surface area contributed by atoms with Crippen molar-refractivity contribution < 1.29 is 14.3 Å². The Balaban J connectivity index is 1.74. The molecule has 0 spiro atoms.